The van der Waals surface area contributed by atoms with Gasteiger partial charge in [0.2, 0.25) is 17.3 Å². The lowest BCUT2D eigenvalue weighted by molar-refractivity contribution is 0.369. The highest BCUT2D eigenvalue weighted by atomic mass is 32.1. The fraction of sp³-hybridized carbons (Fsp3) is 0.0588. The molecule has 5 rings (SSSR count). The smallest absolute Gasteiger partial charge is 0.297 e. The summed E-state index contributed by atoms with van der Waals surface area (Å²) in [6.07, 6.45) is 1.47. The van der Waals surface area contributed by atoms with Gasteiger partial charge in [-0.2, -0.15) is 16.3 Å². The molecule has 0 amide bonds. The molecular formula is C17H10N4O3S. The van der Waals surface area contributed by atoms with Crippen LogP contribution in [0.1, 0.15) is 5.89 Å². The second-order valence-electron chi connectivity index (χ2n) is 5.48. The van der Waals surface area contributed by atoms with E-state index in [2.05, 4.69) is 15.1 Å². The zero-order chi connectivity index (χ0) is 16.8. The van der Waals surface area contributed by atoms with E-state index in [1.165, 1.54) is 10.9 Å². The highest BCUT2D eigenvalue weighted by Gasteiger charge is 2.15. The van der Waals surface area contributed by atoms with Crippen molar-refractivity contribution >= 4 is 33.4 Å². The van der Waals surface area contributed by atoms with Crippen molar-refractivity contribution in [3.63, 3.8) is 0 Å². The molecule has 0 saturated heterocycles. The molecule has 0 unspecified atom stereocenters. The van der Waals surface area contributed by atoms with Crippen molar-refractivity contribution < 1.29 is 8.94 Å². The van der Waals surface area contributed by atoms with E-state index in [0.717, 1.165) is 10.9 Å². The topological polar surface area (TPSA) is 87.0 Å². The van der Waals surface area contributed by atoms with Gasteiger partial charge in [0.1, 0.15) is 17.6 Å². The van der Waals surface area contributed by atoms with Crippen LogP contribution in [-0.4, -0.2) is 19.7 Å². The number of para-hydroxylation sites is 1. The second kappa shape index (κ2) is 5.38. The Morgan fingerprint density at radius 1 is 1.20 bits per heavy atom. The number of aromatic nitrogens is 4. The first-order valence-corrected chi connectivity index (χ1v) is 8.46. The number of benzene rings is 1. The molecule has 0 saturated carbocycles. The van der Waals surface area contributed by atoms with Gasteiger partial charge in [-0.1, -0.05) is 17.3 Å². The Labute approximate surface area is 144 Å². The predicted octanol–water partition coefficient (Wildman–Crippen LogP) is 3.30. The van der Waals surface area contributed by atoms with Crippen LogP contribution in [0.25, 0.3) is 33.5 Å². The van der Waals surface area contributed by atoms with E-state index in [4.69, 9.17) is 8.94 Å². The molecule has 5 aromatic rings. The molecule has 0 spiro atoms. The van der Waals surface area contributed by atoms with Gasteiger partial charge in [-0.05, 0) is 23.6 Å². The average Bonchev–Trinajstić information content (AvgIpc) is 3.36. The third-order valence-electron chi connectivity index (χ3n) is 3.90. The van der Waals surface area contributed by atoms with Gasteiger partial charge in [0, 0.05) is 16.3 Å². The van der Waals surface area contributed by atoms with Gasteiger partial charge in [0.05, 0.1) is 6.33 Å². The molecule has 7 nitrogen and oxygen atoms in total. The third kappa shape index (κ3) is 2.26. The molecule has 0 aliphatic rings. The standard InChI is InChI=1S/C17H10N4O3S/c22-17-15-14(11-3-1-2-4-12(11)23-15)18-9-21(17)7-13-19-16(20-24-13)10-5-6-25-8-10/h1-6,8-9H,7H2. The van der Waals surface area contributed by atoms with E-state index in [1.54, 1.807) is 11.3 Å². The van der Waals surface area contributed by atoms with E-state index in [0.29, 0.717) is 22.8 Å². The molecule has 4 heterocycles. The Morgan fingerprint density at radius 3 is 3.00 bits per heavy atom. The molecule has 8 heteroatoms. The molecule has 1 aromatic carbocycles. The number of furan rings is 1. The molecular weight excluding hydrogens is 340 g/mol. The molecule has 4 aromatic heterocycles. The summed E-state index contributed by atoms with van der Waals surface area (Å²) in [4.78, 5) is 21.4. The number of fused-ring (bicyclic) bond motifs is 3. The van der Waals surface area contributed by atoms with E-state index in [1.807, 2.05) is 41.1 Å². The van der Waals surface area contributed by atoms with Crippen LogP contribution in [0.15, 0.2) is 61.2 Å². The molecule has 0 N–H and O–H groups in total. The molecule has 0 aliphatic carbocycles. The summed E-state index contributed by atoms with van der Waals surface area (Å²) >= 11 is 1.55. The second-order valence-corrected chi connectivity index (χ2v) is 6.26. The summed E-state index contributed by atoms with van der Waals surface area (Å²) < 4.78 is 12.3. The Bertz CT molecular complexity index is 1250. The molecule has 0 radical (unpaired) electrons. The summed E-state index contributed by atoms with van der Waals surface area (Å²) in [5, 5.41) is 8.63. The maximum absolute atomic E-state index is 12.7. The van der Waals surface area contributed by atoms with E-state index in [-0.39, 0.29) is 17.7 Å². The lowest BCUT2D eigenvalue weighted by Gasteiger charge is -2.00. The van der Waals surface area contributed by atoms with Crippen LogP contribution < -0.4 is 5.56 Å². The average molecular weight is 350 g/mol. The predicted molar refractivity (Wildman–Crippen MR) is 92.5 cm³/mol. The minimum absolute atomic E-state index is 0.135. The van der Waals surface area contributed by atoms with Crippen LogP contribution in [-0.2, 0) is 6.54 Å². The number of hydrogen-bond donors (Lipinski definition) is 0. The Hall–Kier alpha value is -3.26. The number of nitrogens with zero attached hydrogens (tertiary/aromatic N) is 4. The molecule has 0 bridgehead atoms. The Morgan fingerprint density at radius 2 is 2.12 bits per heavy atom. The first-order chi connectivity index (χ1) is 12.3. The SMILES string of the molecule is O=c1c2oc3ccccc3c2ncn1Cc1nc(-c2ccsc2)no1. The van der Waals surface area contributed by atoms with Crippen LogP contribution in [0.4, 0.5) is 0 Å². The summed E-state index contributed by atoms with van der Waals surface area (Å²) in [6, 6.07) is 9.34. The summed E-state index contributed by atoms with van der Waals surface area (Å²) in [6.45, 7) is 0.135. The first-order valence-electron chi connectivity index (χ1n) is 7.51. The molecule has 0 fully saturated rings. The highest BCUT2D eigenvalue weighted by molar-refractivity contribution is 7.08. The fourth-order valence-corrected chi connectivity index (χ4v) is 3.34. The van der Waals surface area contributed by atoms with E-state index in [9.17, 15) is 4.79 Å². The van der Waals surface area contributed by atoms with Crippen LogP contribution >= 0.6 is 11.3 Å². The van der Waals surface area contributed by atoms with Crippen LogP contribution in [0.5, 0.6) is 0 Å². The summed E-state index contributed by atoms with van der Waals surface area (Å²) in [7, 11) is 0. The lowest BCUT2D eigenvalue weighted by atomic mass is 10.2. The molecule has 0 aliphatic heterocycles. The minimum Gasteiger partial charge on any atom is -0.448 e. The van der Waals surface area contributed by atoms with E-state index < -0.39 is 0 Å². The Kier molecular flexibility index (Phi) is 3.04. The van der Waals surface area contributed by atoms with Crippen molar-refractivity contribution in [3.8, 4) is 11.4 Å². The highest BCUT2D eigenvalue weighted by Crippen LogP contribution is 2.24. The van der Waals surface area contributed by atoms with Gasteiger partial charge in [-0.25, -0.2) is 4.98 Å². The lowest BCUT2D eigenvalue weighted by Crippen LogP contribution is -2.20. The zero-order valence-corrected chi connectivity index (χ0v) is 13.6. The van der Waals surface area contributed by atoms with E-state index >= 15 is 0 Å². The zero-order valence-electron chi connectivity index (χ0n) is 12.7. The fourth-order valence-electron chi connectivity index (χ4n) is 2.70. The van der Waals surface area contributed by atoms with Crippen molar-refractivity contribution in [2.45, 2.75) is 6.54 Å². The number of thiophene rings is 1. The normalized spacial score (nSPS) is 11.5. The summed E-state index contributed by atoms with van der Waals surface area (Å²) in [5.41, 5.74) is 2.02. The minimum atomic E-state index is -0.281. The first kappa shape index (κ1) is 14.1. The van der Waals surface area contributed by atoms with Crippen molar-refractivity contribution in [2.75, 3.05) is 0 Å². The van der Waals surface area contributed by atoms with Gasteiger partial charge >= 0.3 is 0 Å². The monoisotopic (exact) mass is 350 g/mol. The number of hydrogen-bond acceptors (Lipinski definition) is 7. The van der Waals surface area contributed by atoms with Crippen LogP contribution in [0, 0.1) is 0 Å². The van der Waals surface area contributed by atoms with Gasteiger partial charge in [0.15, 0.2) is 0 Å². The van der Waals surface area contributed by atoms with Crippen molar-refractivity contribution in [3.05, 3.63) is 63.7 Å². The quantitative estimate of drug-likeness (QED) is 0.496. The van der Waals surface area contributed by atoms with Crippen LogP contribution in [0.3, 0.4) is 0 Å². The molecule has 122 valence electrons. The van der Waals surface area contributed by atoms with Crippen molar-refractivity contribution in [2.24, 2.45) is 0 Å². The molecule has 25 heavy (non-hydrogen) atoms. The molecule has 0 atom stereocenters. The maximum atomic E-state index is 12.7. The van der Waals surface area contributed by atoms with Gasteiger partial charge in [-0.3, -0.25) is 9.36 Å². The Balaban J connectivity index is 1.56. The maximum Gasteiger partial charge on any atom is 0.297 e. The van der Waals surface area contributed by atoms with Gasteiger partial charge < -0.3 is 8.94 Å². The van der Waals surface area contributed by atoms with Crippen molar-refractivity contribution in [1.82, 2.24) is 19.7 Å². The summed E-state index contributed by atoms with van der Waals surface area (Å²) in [5.74, 6) is 0.836. The third-order valence-corrected chi connectivity index (χ3v) is 4.59. The van der Waals surface area contributed by atoms with Crippen molar-refractivity contribution in [1.29, 1.82) is 0 Å². The largest absolute Gasteiger partial charge is 0.448 e. The van der Waals surface area contributed by atoms with Gasteiger partial charge in [0.25, 0.3) is 5.56 Å². The van der Waals surface area contributed by atoms with Gasteiger partial charge in [-0.15, -0.1) is 0 Å². The van der Waals surface area contributed by atoms with Crippen LogP contribution in [0.2, 0.25) is 0 Å². The number of rotatable bonds is 3.